The molecule has 2 aliphatic rings. The summed E-state index contributed by atoms with van der Waals surface area (Å²) in [6, 6.07) is 8.05. The van der Waals surface area contributed by atoms with Crippen LogP contribution in [-0.2, 0) is 4.79 Å². The Morgan fingerprint density at radius 1 is 1.38 bits per heavy atom. The third kappa shape index (κ3) is 4.48. The standard InChI is InChI=1S/C20H29N3O3/c1-20(2)16(13-17(24)25)18(20)14-5-7-15(8-6-14)26-12-4-11-23-19-21-9-3-10-22-19/h5-8,16,18H,3-4,9-13H2,1-2H3,(H,24,25)(H2,21,22,23)/p-1. The molecule has 142 valence electrons. The highest BCUT2D eigenvalue weighted by molar-refractivity contribution is 5.80. The van der Waals surface area contributed by atoms with Crippen LogP contribution in [0.3, 0.4) is 0 Å². The van der Waals surface area contributed by atoms with Gasteiger partial charge in [-0.15, -0.1) is 0 Å². The molecule has 2 atom stereocenters. The minimum absolute atomic E-state index is 0.0178. The number of nitrogens with one attached hydrogen (secondary N) is 2. The van der Waals surface area contributed by atoms with Crippen LogP contribution < -0.4 is 20.5 Å². The van der Waals surface area contributed by atoms with E-state index in [1.165, 1.54) is 5.56 Å². The Kier molecular flexibility index (Phi) is 5.69. The lowest BCUT2D eigenvalue weighted by atomic mass is 10.0. The predicted octanol–water partition coefficient (Wildman–Crippen LogP) is 1.27. The fourth-order valence-corrected chi connectivity index (χ4v) is 3.86. The smallest absolute Gasteiger partial charge is 0.191 e. The Morgan fingerprint density at radius 2 is 2.15 bits per heavy atom. The van der Waals surface area contributed by atoms with Gasteiger partial charge in [0.2, 0.25) is 0 Å². The van der Waals surface area contributed by atoms with Gasteiger partial charge in [0.05, 0.1) is 6.61 Å². The number of aliphatic imine (C=N–C) groups is 1. The summed E-state index contributed by atoms with van der Waals surface area (Å²) in [4.78, 5) is 15.3. The Hall–Kier alpha value is -2.24. The molecule has 26 heavy (non-hydrogen) atoms. The van der Waals surface area contributed by atoms with E-state index in [1.54, 1.807) is 0 Å². The van der Waals surface area contributed by atoms with Gasteiger partial charge in [-0.3, -0.25) is 4.99 Å². The molecule has 6 heteroatoms. The number of hydrogen-bond donors (Lipinski definition) is 2. The number of carbonyl (C=O) groups is 1. The minimum atomic E-state index is -0.964. The first kappa shape index (κ1) is 18.5. The molecular formula is C20H28N3O3-. The first-order valence-corrected chi connectivity index (χ1v) is 9.43. The third-order valence-electron chi connectivity index (χ3n) is 5.46. The second kappa shape index (κ2) is 7.98. The van der Waals surface area contributed by atoms with E-state index < -0.39 is 5.97 Å². The number of hydrogen-bond acceptors (Lipinski definition) is 6. The van der Waals surface area contributed by atoms with Crippen LogP contribution in [0.4, 0.5) is 0 Å². The fourth-order valence-electron chi connectivity index (χ4n) is 3.86. The average Bonchev–Trinajstić information content (AvgIpc) is 3.15. The van der Waals surface area contributed by atoms with Gasteiger partial charge in [-0.1, -0.05) is 26.0 Å². The molecule has 1 fully saturated rings. The predicted molar refractivity (Wildman–Crippen MR) is 99.1 cm³/mol. The number of ether oxygens (including phenoxy) is 1. The summed E-state index contributed by atoms with van der Waals surface area (Å²) in [6.45, 7) is 7.57. The molecule has 0 amide bonds. The van der Waals surface area contributed by atoms with Crippen LogP contribution in [0.2, 0.25) is 0 Å². The maximum absolute atomic E-state index is 10.9. The monoisotopic (exact) mass is 358 g/mol. The van der Waals surface area contributed by atoms with Gasteiger partial charge in [0.1, 0.15) is 5.75 Å². The van der Waals surface area contributed by atoms with E-state index >= 15 is 0 Å². The van der Waals surface area contributed by atoms with E-state index in [9.17, 15) is 9.90 Å². The molecular weight excluding hydrogens is 330 g/mol. The molecule has 2 N–H and O–H groups in total. The molecule has 1 heterocycles. The van der Waals surface area contributed by atoms with Crippen molar-refractivity contribution in [3.05, 3.63) is 29.8 Å². The number of carboxylic acids is 1. The lowest BCUT2D eigenvalue weighted by Gasteiger charge is -2.16. The van der Waals surface area contributed by atoms with Crippen LogP contribution in [0, 0.1) is 11.3 Å². The molecule has 0 aromatic heterocycles. The highest BCUT2D eigenvalue weighted by Gasteiger charge is 2.57. The maximum atomic E-state index is 10.9. The van der Waals surface area contributed by atoms with E-state index in [0.29, 0.717) is 6.61 Å². The zero-order chi connectivity index (χ0) is 18.6. The second-order valence-electron chi connectivity index (χ2n) is 7.69. The van der Waals surface area contributed by atoms with Gasteiger partial charge in [0.15, 0.2) is 5.96 Å². The molecule has 0 bridgehead atoms. The highest BCUT2D eigenvalue weighted by atomic mass is 16.5. The molecule has 0 spiro atoms. The van der Waals surface area contributed by atoms with E-state index in [2.05, 4.69) is 41.6 Å². The molecule has 1 aliphatic carbocycles. The van der Waals surface area contributed by atoms with Crippen LogP contribution in [0.25, 0.3) is 0 Å². The summed E-state index contributed by atoms with van der Waals surface area (Å²) in [5.41, 5.74) is 1.20. The van der Waals surface area contributed by atoms with E-state index in [0.717, 1.165) is 44.2 Å². The lowest BCUT2D eigenvalue weighted by Crippen LogP contribution is -2.41. The zero-order valence-electron chi connectivity index (χ0n) is 15.6. The molecule has 0 radical (unpaired) electrons. The minimum Gasteiger partial charge on any atom is -0.550 e. The Bertz CT molecular complexity index is 655. The molecule has 1 aromatic carbocycles. The highest BCUT2D eigenvalue weighted by Crippen LogP contribution is 2.65. The number of benzene rings is 1. The van der Waals surface area contributed by atoms with Crippen LogP contribution >= 0.6 is 0 Å². The topological polar surface area (TPSA) is 85.8 Å². The number of guanidine groups is 1. The van der Waals surface area contributed by atoms with Crippen LogP contribution in [0.15, 0.2) is 29.3 Å². The molecule has 6 nitrogen and oxygen atoms in total. The number of rotatable bonds is 8. The summed E-state index contributed by atoms with van der Waals surface area (Å²) < 4.78 is 5.79. The van der Waals surface area contributed by atoms with Crippen molar-refractivity contribution in [2.75, 3.05) is 26.2 Å². The van der Waals surface area contributed by atoms with Crippen molar-refractivity contribution < 1.29 is 14.6 Å². The summed E-state index contributed by atoms with van der Waals surface area (Å²) >= 11 is 0. The van der Waals surface area contributed by atoms with Crippen molar-refractivity contribution in [2.24, 2.45) is 16.3 Å². The van der Waals surface area contributed by atoms with Gasteiger partial charge >= 0.3 is 0 Å². The third-order valence-corrected chi connectivity index (χ3v) is 5.46. The fraction of sp³-hybridized carbons (Fsp3) is 0.600. The normalized spacial score (nSPS) is 23.5. The first-order chi connectivity index (χ1) is 12.5. The van der Waals surface area contributed by atoms with Crippen molar-refractivity contribution in [3.8, 4) is 5.75 Å². The summed E-state index contributed by atoms with van der Waals surface area (Å²) in [5.74, 6) is 1.20. The van der Waals surface area contributed by atoms with Crippen LogP contribution in [-0.4, -0.2) is 38.2 Å². The van der Waals surface area contributed by atoms with Crippen LogP contribution in [0.5, 0.6) is 5.75 Å². The Morgan fingerprint density at radius 3 is 2.81 bits per heavy atom. The molecule has 0 saturated heterocycles. The summed E-state index contributed by atoms with van der Waals surface area (Å²) in [6.07, 6.45) is 2.12. The lowest BCUT2D eigenvalue weighted by molar-refractivity contribution is -0.306. The molecule has 1 aromatic rings. The van der Waals surface area contributed by atoms with Gasteiger partial charge in [-0.05, 0) is 54.2 Å². The number of aliphatic carboxylic acids is 1. The van der Waals surface area contributed by atoms with Crippen molar-refractivity contribution in [1.29, 1.82) is 0 Å². The first-order valence-electron chi connectivity index (χ1n) is 9.43. The molecule has 1 saturated carbocycles. The zero-order valence-corrected chi connectivity index (χ0v) is 15.6. The van der Waals surface area contributed by atoms with Gasteiger partial charge in [-0.2, -0.15) is 0 Å². The van der Waals surface area contributed by atoms with Gasteiger partial charge in [0, 0.05) is 25.6 Å². The largest absolute Gasteiger partial charge is 0.550 e. The van der Waals surface area contributed by atoms with E-state index in [-0.39, 0.29) is 23.7 Å². The van der Waals surface area contributed by atoms with Gasteiger partial charge in [0.25, 0.3) is 0 Å². The summed E-state index contributed by atoms with van der Waals surface area (Å²) in [7, 11) is 0. The van der Waals surface area contributed by atoms with Gasteiger partial charge in [-0.25, -0.2) is 0 Å². The Balaban J connectivity index is 1.41. The number of carboxylic acid groups (broad SMARTS) is 1. The summed E-state index contributed by atoms with van der Waals surface area (Å²) in [5, 5.41) is 17.4. The number of carbonyl (C=O) groups excluding carboxylic acids is 1. The molecule has 1 aliphatic heterocycles. The molecule has 2 unspecified atom stereocenters. The van der Waals surface area contributed by atoms with Crippen molar-refractivity contribution in [2.45, 2.75) is 39.0 Å². The van der Waals surface area contributed by atoms with E-state index in [1.807, 2.05) is 12.1 Å². The van der Waals surface area contributed by atoms with Crippen molar-refractivity contribution in [3.63, 3.8) is 0 Å². The van der Waals surface area contributed by atoms with Gasteiger partial charge < -0.3 is 25.3 Å². The van der Waals surface area contributed by atoms with Crippen molar-refractivity contribution >= 4 is 11.9 Å². The molecule has 3 rings (SSSR count). The maximum Gasteiger partial charge on any atom is 0.191 e. The SMILES string of the molecule is CC1(C)C(CC(=O)[O-])C1c1ccc(OCCCNC2=NCCCN2)cc1. The Labute approximate surface area is 155 Å². The average molecular weight is 358 g/mol. The quantitative estimate of drug-likeness (QED) is 0.684. The second-order valence-corrected chi connectivity index (χ2v) is 7.69. The van der Waals surface area contributed by atoms with Crippen LogP contribution in [0.1, 0.15) is 44.6 Å². The van der Waals surface area contributed by atoms with E-state index in [4.69, 9.17) is 4.74 Å². The number of nitrogens with zero attached hydrogens (tertiary/aromatic N) is 1. The van der Waals surface area contributed by atoms with Crippen molar-refractivity contribution in [1.82, 2.24) is 10.6 Å².